The molecule has 2 rings (SSSR count). The van der Waals surface area contributed by atoms with Crippen molar-refractivity contribution in [2.24, 2.45) is 0 Å². The molecule has 0 aliphatic rings. The Kier molecular flexibility index (Phi) is 5.11. The van der Waals surface area contributed by atoms with Crippen molar-refractivity contribution in [1.82, 2.24) is 0 Å². The lowest BCUT2D eigenvalue weighted by Gasteiger charge is -2.13. The summed E-state index contributed by atoms with van der Waals surface area (Å²) >= 11 is 0. The number of nitrogens with zero attached hydrogens (tertiary/aromatic N) is 1. The van der Waals surface area contributed by atoms with Gasteiger partial charge in [0.2, 0.25) is 0 Å². The van der Waals surface area contributed by atoms with Crippen LogP contribution in [0.5, 0.6) is 17.2 Å². The van der Waals surface area contributed by atoms with E-state index in [-0.39, 0.29) is 0 Å². The molecule has 0 spiro atoms. The van der Waals surface area contributed by atoms with Crippen LogP contribution >= 0.6 is 0 Å². The molecule has 0 fully saturated rings. The Hall–Kier alpha value is -3.13. The van der Waals surface area contributed by atoms with E-state index in [0.29, 0.717) is 22.9 Å². The van der Waals surface area contributed by atoms with Crippen LogP contribution < -0.4 is 19.9 Å². The Bertz CT molecular complexity index is 776. The van der Waals surface area contributed by atoms with Crippen molar-refractivity contribution in [2.45, 2.75) is 0 Å². The Morgan fingerprint density at radius 2 is 1.48 bits per heavy atom. The number of hydrogen-bond acceptors (Lipinski definition) is 5. The lowest BCUT2D eigenvalue weighted by molar-refractivity contribution is 0.355. The van der Waals surface area contributed by atoms with Gasteiger partial charge in [-0.15, -0.1) is 0 Å². The fourth-order valence-corrected chi connectivity index (χ4v) is 2.30. The minimum atomic E-state index is 0.509. The number of ether oxygens (including phenoxy) is 3. The molecule has 5 nitrogen and oxygen atoms in total. The molecule has 0 unspecified atom stereocenters. The zero-order valence-corrected chi connectivity index (χ0v) is 13.3. The predicted octanol–water partition coefficient (Wildman–Crippen LogP) is 3.25. The number of nitrogen functional groups attached to an aromatic ring is 1. The number of methoxy groups -OCH3 is 3. The Labute approximate surface area is 135 Å². The van der Waals surface area contributed by atoms with Gasteiger partial charge in [-0.25, -0.2) is 0 Å². The van der Waals surface area contributed by atoms with Gasteiger partial charge in [0.25, 0.3) is 0 Å². The Morgan fingerprint density at radius 3 is 2.00 bits per heavy atom. The fourth-order valence-electron chi connectivity index (χ4n) is 2.30. The van der Waals surface area contributed by atoms with Gasteiger partial charge in [0.15, 0.2) is 11.5 Å². The van der Waals surface area contributed by atoms with Crippen LogP contribution in [0.15, 0.2) is 42.5 Å². The van der Waals surface area contributed by atoms with Crippen LogP contribution in [0.4, 0.5) is 5.69 Å². The molecular formula is C18H18N2O3. The minimum absolute atomic E-state index is 0.509. The van der Waals surface area contributed by atoms with Crippen molar-refractivity contribution >= 4 is 11.3 Å². The third kappa shape index (κ3) is 3.38. The first-order valence-electron chi connectivity index (χ1n) is 6.90. The minimum Gasteiger partial charge on any atom is -0.495 e. The first-order chi connectivity index (χ1) is 11.1. The fraction of sp³-hybridized carbons (Fsp3) is 0.167. The second-order valence-corrected chi connectivity index (χ2v) is 4.71. The molecule has 2 aromatic rings. The third-order valence-electron chi connectivity index (χ3n) is 3.44. The van der Waals surface area contributed by atoms with Gasteiger partial charge in [0.05, 0.1) is 33.1 Å². The van der Waals surface area contributed by atoms with E-state index in [4.69, 9.17) is 25.2 Å². The number of rotatable bonds is 5. The molecule has 23 heavy (non-hydrogen) atoms. The number of nitrogens with two attached hydrogens (primary N) is 1. The van der Waals surface area contributed by atoms with Crippen molar-refractivity contribution in [3.8, 4) is 23.3 Å². The molecule has 0 saturated carbocycles. The van der Waals surface area contributed by atoms with Crippen LogP contribution in [0.25, 0.3) is 5.57 Å². The molecule has 2 aromatic carbocycles. The quantitative estimate of drug-likeness (QED) is 0.677. The van der Waals surface area contributed by atoms with Gasteiger partial charge in [-0.05, 0) is 41.0 Å². The van der Waals surface area contributed by atoms with Crippen molar-refractivity contribution < 1.29 is 14.2 Å². The molecule has 0 heterocycles. The monoisotopic (exact) mass is 310 g/mol. The number of allylic oxidation sites excluding steroid dienone is 1. The molecule has 0 radical (unpaired) electrons. The summed E-state index contributed by atoms with van der Waals surface area (Å²) in [4.78, 5) is 0. The molecule has 0 aliphatic carbocycles. The summed E-state index contributed by atoms with van der Waals surface area (Å²) in [6.07, 6.45) is 1.47. The van der Waals surface area contributed by atoms with E-state index in [9.17, 15) is 0 Å². The summed E-state index contributed by atoms with van der Waals surface area (Å²) in [5, 5.41) is 9.12. The molecule has 0 atom stereocenters. The van der Waals surface area contributed by atoms with E-state index in [1.54, 1.807) is 39.5 Å². The second kappa shape index (κ2) is 7.23. The largest absolute Gasteiger partial charge is 0.495 e. The van der Waals surface area contributed by atoms with Crippen LogP contribution in [0.1, 0.15) is 11.1 Å². The number of benzene rings is 2. The zero-order valence-electron chi connectivity index (χ0n) is 13.3. The van der Waals surface area contributed by atoms with Crippen LogP contribution in [-0.4, -0.2) is 21.3 Å². The van der Waals surface area contributed by atoms with Crippen LogP contribution in [0, 0.1) is 11.3 Å². The summed E-state index contributed by atoms with van der Waals surface area (Å²) < 4.78 is 15.7. The molecule has 2 N–H and O–H groups in total. The Morgan fingerprint density at radius 1 is 0.913 bits per heavy atom. The number of hydrogen-bond donors (Lipinski definition) is 1. The second-order valence-electron chi connectivity index (χ2n) is 4.71. The van der Waals surface area contributed by atoms with E-state index >= 15 is 0 Å². The van der Waals surface area contributed by atoms with E-state index in [1.807, 2.05) is 18.2 Å². The van der Waals surface area contributed by atoms with Crippen LogP contribution in [0.2, 0.25) is 0 Å². The smallest absolute Gasteiger partial charge is 0.161 e. The van der Waals surface area contributed by atoms with E-state index in [1.165, 1.54) is 6.08 Å². The maximum absolute atomic E-state index is 9.12. The van der Waals surface area contributed by atoms with Gasteiger partial charge in [-0.3, -0.25) is 0 Å². The molecule has 0 aliphatic heterocycles. The number of anilines is 1. The highest BCUT2D eigenvalue weighted by atomic mass is 16.5. The highest BCUT2D eigenvalue weighted by Crippen LogP contribution is 2.34. The van der Waals surface area contributed by atoms with Gasteiger partial charge in [0.1, 0.15) is 5.75 Å². The van der Waals surface area contributed by atoms with Crippen LogP contribution in [-0.2, 0) is 0 Å². The van der Waals surface area contributed by atoms with E-state index in [0.717, 1.165) is 16.7 Å². The molecular weight excluding hydrogens is 292 g/mol. The average molecular weight is 310 g/mol. The average Bonchev–Trinajstić information content (AvgIpc) is 2.59. The van der Waals surface area contributed by atoms with E-state index < -0.39 is 0 Å². The molecule has 118 valence electrons. The van der Waals surface area contributed by atoms with Crippen LogP contribution in [0.3, 0.4) is 0 Å². The Balaban J connectivity index is 2.54. The lowest BCUT2D eigenvalue weighted by atomic mass is 9.96. The summed E-state index contributed by atoms with van der Waals surface area (Å²) in [5.74, 6) is 1.81. The summed E-state index contributed by atoms with van der Waals surface area (Å²) in [5.41, 5.74) is 8.86. The SMILES string of the molecule is COc1ccc(/C(=C/C#N)c2ccc(OC)c(OC)c2)cc1N. The first-order valence-corrected chi connectivity index (χ1v) is 6.90. The van der Waals surface area contributed by atoms with Gasteiger partial charge < -0.3 is 19.9 Å². The highest BCUT2D eigenvalue weighted by Gasteiger charge is 2.11. The first kappa shape index (κ1) is 16.2. The van der Waals surface area contributed by atoms with Gasteiger partial charge in [0, 0.05) is 6.08 Å². The normalized spacial score (nSPS) is 10.8. The number of nitriles is 1. The van der Waals surface area contributed by atoms with Gasteiger partial charge in [-0.1, -0.05) is 12.1 Å². The summed E-state index contributed by atoms with van der Waals surface area (Å²) in [6, 6.07) is 13.0. The molecule has 0 aromatic heterocycles. The van der Waals surface area contributed by atoms with Crippen molar-refractivity contribution in [3.05, 3.63) is 53.6 Å². The van der Waals surface area contributed by atoms with E-state index in [2.05, 4.69) is 6.07 Å². The topological polar surface area (TPSA) is 77.5 Å². The molecule has 0 bridgehead atoms. The van der Waals surface area contributed by atoms with Gasteiger partial charge in [-0.2, -0.15) is 5.26 Å². The lowest BCUT2D eigenvalue weighted by Crippen LogP contribution is -1.96. The third-order valence-corrected chi connectivity index (χ3v) is 3.44. The molecule has 0 saturated heterocycles. The van der Waals surface area contributed by atoms with Crippen molar-refractivity contribution in [1.29, 1.82) is 5.26 Å². The maximum Gasteiger partial charge on any atom is 0.161 e. The maximum atomic E-state index is 9.12. The predicted molar refractivity (Wildman–Crippen MR) is 89.6 cm³/mol. The summed E-state index contributed by atoms with van der Waals surface area (Å²) in [6.45, 7) is 0. The summed E-state index contributed by atoms with van der Waals surface area (Å²) in [7, 11) is 4.71. The highest BCUT2D eigenvalue weighted by molar-refractivity contribution is 5.84. The molecule has 0 amide bonds. The van der Waals surface area contributed by atoms with Crippen molar-refractivity contribution in [2.75, 3.05) is 27.1 Å². The van der Waals surface area contributed by atoms with Crippen molar-refractivity contribution in [3.63, 3.8) is 0 Å². The van der Waals surface area contributed by atoms with Gasteiger partial charge >= 0.3 is 0 Å². The standard InChI is InChI=1S/C18H18N2O3/c1-21-16-6-4-12(10-15(16)20)14(8-9-19)13-5-7-17(22-2)18(11-13)23-3/h4-8,10-11H,20H2,1-3H3/b14-8-. The zero-order chi connectivity index (χ0) is 16.8. The molecule has 5 heteroatoms.